The van der Waals surface area contributed by atoms with Gasteiger partial charge in [0.1, 0.15) is 6.10 Å². The molecule has 3 heterocycles. The molecule has 84 valence electrons. The third-order valence-corrected chi connectivity index (χ3v) is 3.89. The molecule has 3 rings (SSSR count). The van der Waals surface area contributed by atoms with Crippen LogP contribution in [-0.2, 0) is 4.74 Å². The molecule has 3 atom stereocenters. The van der Waals surface area contributed by atoms with Gasteiger partial charge >= 0.3 is 6.09 Å². The lowest BCUT2D eigenvalue weighted by molar-refractivity contribution is 0.0455. The molecule has 3 unspecified atom stereocenters. The van der Waals surface area contributed by atoms with E-state index in [0.29, 0.717) is 5.92 Å². The van der Waals surface area contributed by atoms with Crippen LogP contribution < -0.4 is 0 Å². The average molecular weight is 210 g/mol. The van der Waals surface area contributed by atoms with E-state index >= 15 is 0 Å². The van der Waals surface area contributed by atoms with Crippen molar-refractivity contribution in [3.63, 3.8) is 0 Å². The van der Waals surface area contributed by atoms with E-state index in [-0.39, 0.29) is 12.2 Å². The lowest BCUT2D eigenvalue weighted by atomic mass is 10.0. The van der Waals surface area contributed by atoms with E-state index in [2.05, 4.69) is 4.90 Å². The Bertz CT molecular complexity index is 263. The summed E-state index contributed by atoms with van der Waals surface area (Å²) in [5, 5.41) is 0. The van der Waals surface area contributed by atoms with E-state index < -0.39 is 0 Å². The van der Waals surface area contributed by atoms with Gasteiger partial charge in [-0.3, -0.25) is 4.90 Å². The Balaban J connectivity index is 1.54. The second-order valence-electron chi connectivity index (χ2n) is 4.92. The van der Waals surface area contributed by atoms with Crippen LogP contribution in [-0.4, -0.2) is 54.7 Å². The van der Waals surface area contributed by atoms with Gasteiger partial charge in [-0.25, -0.2) is 4.79 Å². The number of carbonyl (C=O) groups excluding carboxylic acids is 1. The average Bonchev–Trinajstić information content (AvgIpc) is 2.95. The topological polar surface area (TPSA) is 32.8 Å². The van der Waals surface area contributed by atoms with E-state index in [1.54, 1.807) is 0 Å². The molecule has 0 aromatic heterocycles. The van der Waals surface area contributed by atoms with Gasteiger partial charge in [0.05, 0.1) is 0 Å². The summed E-state index contributed by atoms with van der Waals surface area (Å²) < 4.78 is 5.57. The number of rotatable bonds is 1. The van der Waals surface area contributed by atoms with Crippen LogP contribution in [0.4, 0.5) is 4.79 Å². The number of fused-ring (bicyclic) bond motifs is 2. The highest BCUT2D eigenvalue weighted by Gasteiger charge is 2.40. The van der Waals surface area contributed by atoms with E-state index in [1.165, 1.54) is 13.0 Å². The summed E-state index contributed by atoms with van der Waals surface area (Å²) in [6.07, 6.45) is 3.57. The number of hydrogen-bond donors (Lipinski definition) is 0. The maximum atomic E-state index is 11.8. The molecule has 1 amide bonds. The van der Waals surface area contributed by atoms with Gasteiger partial charge in [0.25, 0.3) is 0 Å². The smallest absolute Gasteiger partial charge is 0.410 e. The summed E-state index contributed by atoms with van der Waals surface area (Å²) in [4.78, 5) is 16.0. The molecule has 0 spiro atoms. The van der Waals surface area contributed by atoms with Crippen molar-refractivity contribution in [1.29, 1.82) is 0 Å². The third kappa shape index (κ3) is 1.71. The highest BCUT2D eigenvalue weighted by atomic mass is 16.6. The summed E-state index contributed by atoms with van der Waals surface area (Å²) in [6.45, 7) is 5.07. The van der Waals surface area contributed by atoms with Crippen LogP contribution in [0.5, 0.6) is 0 Å². The fourth-order valence-corrected chi connectivity index (χ4v) is 2.97. The molecular weight excluding hydrogens is 192 g/mol. The van der Waals surface area contributed by atoms with Crippen molar-refractivity contribution in [3.8, 4) is 0 Å². The lowest BCUT2D eigenvalue weighted by Crippen LogP contribution is -2.37. The molecule has 3 saturated heterocycles. The van der Waals surface area contributed by atoms with Crippen LogP contribution in [0.25, 0.3) is 0 Å². The predicted molar refractivity (Wildman–Crippen MR) is 55.6 cm³/mol. The van der Waals surface area contributed by atoms with Gasteiger partial charge in [0, 0.05) is 32.1 Å². The number of nitrogens with zero attached hydrogens (tertiary/aromatic N) is 2. The van der Waals surface area contributed by atoms with Crippen molar-refractivity contribution in [2.24, 2.45) is 5.92 Å². The van der Waals surface area contributed by atoms with Crippen molar-refractivity contribution in [3.05, 3.63) is 0 Å². The van der Waals surface area contributed by atoms with Gasteiger partial charge in [-0.05, 0) is 25.8 Å². The van der Waals surface area contributed by atoms with Gasteiger partial charge < -0.3 is 9.64 Å². The van der Waals surface area contributed by atoms with Crippen molar-refractivity contribution in [2.75, 3.05) is 32.7 Å². The number of likely N-dealkylation sites (tertiary alicyclic amines) is 1. The first-order valence-electron chi connectivity index (χ1n) is 6.01. The largest absolute Gasteiger partial charge is 0.444 e. The van der Waals surface area contributed by atoms with Crippen molar-refractivity contribution >= 4 is 6.09 Å². The molecule has 4 nitrogen and oxygen atoms in total. The van der Waals surface area contributed by atoms with Crippen molar-refractivity contribution < 1.29 is 9.53 Å². The van der Waals surface area contributed by atoms with Crippen LogP contribution >= 0.6 is 0 Å². The Labute approximate surface area is 90.2 Å². The monoisotopic (exact) mass is 210 g/mol. The van der Waals surface area contributed by atoms with Crippen molar-refractivity contribution in [1.82, 2.24) is 9.80 Å². The fourth-order valence-electron chi connectivity index (χ4n) is 2.97. The van der Waals surface area contributed by atoms with Crippen LogP contribution in [0.15, 0.2) is 0 Å². The zero-order chi connectivity index (χ0) is 10.3. The first-order chi connectivity index (χ1) is 7.33. The molecule has 0 aromatic carbocycles. The first-order valence-corrected chi connectivity index (χ1v) is 6.01. The molecule has 0 aliphatic carbocycles. The quantitative estimate of drug-likeness (QED) is 0.645. The summed E-state index contributed by atoms with van der Waals surface area (Å²) in [5.41, 5.74) is 0. The van der Waals surface area contributed by atoms with E-state index in [9.17, 15) is 4.79 Å². The number of ether oxygens (including phenoxy) is 1. The highest BCUT2D eigenvalue weighted by molar-refractivity contribution is 5.68. The van der Waals surface area contributed by atoms with E-state index in [0.717, 1.165) is 39.0 Å². The Kier molecular flexibility index (Phi) is 2.31. The summed E-state index contributed by atoms with van der Waals surface area (Å²) in [7, 11) is 0. The van der Waals surface area contributed by atoms with Gasteiger partial charge in [-0.15, -0.1) is 0 Å². The number of piperidine rings is 1. The molecule has 3 aliphatic rings. The molecule has 0 radical (unpaired) electrons. The third-order valence-electron chi connectivity index (χ3n) is 3.89. The van der Waals surface area contributed by atoms with Crippen LogP contribution in [0.3, 0.4) is 0 Å². The molecule has 15 heavy (non-hydrogen) atoms. The number of amides is 1. The fraction of sp³-hybridized carbons (Fsp3) is 0.909. The summed E-state index contributed by atoms with van der Waals surface area (Å²) >= 11 is 0. The van der Waals surface area contributed by atoms with E-state index in [4.69, 9.17) is 4.74 Å². The van der Waals surface area contributed by atoms with Crippen LogP contribution in [0.2, 0.25) is 0 Å². The Hall–Kier alpha value is -0.770. The number of hydrogen-bond acceptors (Lipinski definition) is 3. The van der Waals surface area contributed by atoms with Crippen LogP contribution in [0.1, 0.15) is 19.3 Å². The summed E-state index contributed by atoms with van der Waals surface area (Å²) in [5.74, 6) is 0.608. The maximum absolute atomic E-state index is 11.8. The second-order valence-corrected chi connectivity index (χ2v) is 4.92. The number of carbonyl (C=O) groups is 1. The SMILES string of the molecule is O=C(OC1CN2CCC1C2)N1CCCC1. The molecular formula is C11H18N2O2. The minimum absolute atomic E-state index is 0.0775. The Morgan fingerprint density at radius 2 is 1.93 bits per heavy atom. The molecule has 3 fully saturated rings. The first kappa shape index (κ1) is 9.46. The second kappa shape index (κ2) is 3.67. The minimum atomic E-state index is -0.0775. The van der Waals surface area contributed by atoms with Crippen molar-refractivity contribution in [2.45, 2.75) is 25.4 Å². The minimum Gasteiger partial charge on any atom is -0.444 e. The Morgan fingerprint density at radius 1 is 1.13 bits per heavy atom. The maximum Gasteiger partial charge on any atom is 0.410 e. The molecule has 0 aromatic rings. The summed E-state index contributed by atoms with van der Waals surface area (Å²) in [6, 6.07) is 0. The normalized spacial score (nSPS) is 38.7. The molecule has 0 saturated carbocycles. The highest BCUT2D eigenvalue weighted by Crippen LogP contribution is 2.30. The zero-order valence-electron chi connectivity index (χ0n) is 9.02. The van der Waals surface area contributed by atoms with Crippen LogP contribution in [0, 0.1) is 5.92 Å². The van der Waals surface area contributed by atoms with Gasteiger partial charge in [0.2, 0.25) is 0 Å². The molecule has 3 aliphatic heterocycles. The molecule has 0 N–H and O–H groups in total. The lowest BCUT2D eigenvalue weighted by Gasteiger charge is -2.25. The standard InChI is InChI=1S/C11H18N2O2/c14-11(13-4-1-2-5-13)15-10-8-12-6-3-9(10)7-12/h9-10H,1-8H2. The van der Waals surface area contributed by atoms with Gasteiger partial charge in [-0.2, -0.15) is 0 Å². The van der Waals surface area contributed by atoms with E-state index in [1.807, 2.05) is 4.90 Å². The predicted octanol–water partition coefficient (Wildman–Crippen LogP) is 0.923. The van der Waals surface area contributed by atoms with Gasteiger partial charge in [-0.1, -0.05) is 0 Å². The zero-order valence-corrected chi connectivity index (χ0v) is 9.02. The Morgan fingerprint density at radius 3 is 2.53 bits per heavy atom. The molecule has 4 heteroatoms. The van der Waals surface area contributed by atoms with Gasteiger partial charge in [0.15, 0.2) is 0 Å². The molecule has 2 bridgehead atoms.